The topological polar surface area (TPSA) is 182 Å². The monoisotopic (exact) mass is 521 g/mol. The highest BCUT2D eigenvalue weighted by Crippen LogP contribution is 2.13. The van der Waals surface area contributed by atoms with Crippen LogP contribution < -0.4 is 16.0 Å². The first-order valence-corrected chi connectivity index (χ1v) is 12.6. The number of hydrogen-bond donors (Lipinski definition) is 6. The van der Waals surface area contributed by atoms with Gasteiger partial charge in [0.15, 0.2) is 0 Å². The van der Waals surface area contributed by atoms with Crippen molar-refractivity contribution in [2.45, 2.75) is 90.3 Å². The van der Waals surface area contributed by atoms with Crippen molar-refractivity contribution >= 4 is 29.7 Å². The van der Waals surface area contributed by atoms with E-state index in [-0.39, 0.29) is 43.3 Å². The molecule has 0 saturated heterocycles. The number of carboxylic acid groups (broad SMARTS) is 2. The summed E-state index contributed by atoms with van der Waals surface area (Å²) in [5.74, 6) is -4.30. The maximum Gasteiger partial charge on any atom is 0.326 e. The molecule has 0 aliphatic rings. The van der Waals surface area contributed by atoms with Crippen LogP contribution in [-0.2, 0) is 30.4 Å². The molecule has 0 aromatic heterocycles. The number of phenols is 1. The molecule has 1 rings (SSSR count). The number of nitrogens with one attached hydrogen (secondary N) is 3. The summed E-state index contributed by atoms with van der Waals surface area (Å²) in [5, 5.41) is 35.6. The summed E-state index contributed by atoms with van der Waals surface area (Å²) in [5.41, 5.74) is 0.640. The van der Waals surface area contributed by atoms with Gasteiger partial charge in [-0.2, -0.15) is 0 Å². The zero-order valence-electron chi connectivity index (χ0n) is 21.7. The molecule has 6 N–H and O–H groups in total. The molecule has 0 aliphatic carbocycles. The molecule has 1 aromatic rings. The molecule has 3 amide bonds. The van der Waals surface area contributed by atoms with Gasteiger partial charge in [0.2, 0.25) is 17.7 Å². The summed E-state index contributed by atoms with van der Waals surface area (Å²) in [4.78, 5) is 61.3. The molecule has 3 atom stereocenters. The van der Waals surface area contributed by atoms with E-state index in [4.69, 9.17) is 5.11 Å². The molecule has 1 aromatic carbocycles. The first-order valence-electron chi connectivity index (χ1n) is 12.6. The Kier molecular flexibility index (Phi) is 13.7. The Labute approximate surface area is 217 Å². The number of carboxylic acids is 2. The summed E-state index contributed by atoms with van der Waals surface area (Å²) < 4.78 is 0. The van der Waals surface area contributed by atoms with Crippen molar-refractivity contribution in [3.05, 3.63) is 29.8 Å². The standard InChI is InChI=1S/C26H39N3O8/c1-4-5-6-7-22(31)27-20(15-17-8-10-18(30)11-9-17)25(35)28-19(12-13-23(32)33)24(34)29-21(26(36)37)14-16(2)3/h8-11,16,19-21,30H,4-7,12-15H2,1-3H3,(H,27,31)(H,28,35)(H,29,34)(H,32,33)(H,36,37)/t19-,20-,21-/m0/s1. The molecule has 0 bridgehead atoms. The fourth-order valence-electron chi connectivity index (χ4n) is 3.65. The molecular weight excluding hydrogens is 482 g/mol. The van der Waals surface area contributed by atoms with Crippen LogP contribution >= 0.6 is 0 Å². The highest BCUT2D eigenvalue weighted by atomic mass is 16.4. The predicted octanol–water partition coefficient (Wildman–Crippen LogP) is 1.96. The van der Waals surface area contributed by atoms with Crippen molar-refractivity contribution in [3.8, 4) is 5.75 Å². The summed E-state index contributed by atoms with van der Waals surface area (Å²) >= 11 is 0. The minimum absolute atomic E-state index is 0.0353. The number of carbonyl (C=O) groups excluding carboxylic acids is 3. The summed E-state index contributed by atoms with van der Waals surface area (Å²) in [6.07, 6.45) is 2.13. The number of hydrogen-bond acceptors (Lipinski definition) is 6. The van der Waals surface area contributed by atoms with Crippen molar-refractivity contribution in [2.75, 3.05) is 0 Å². The van der Waals surface area contributed by atoms with Crippen molar-refractivity contribution < 1.29 is 39.3 Å². The minimum atomic E-state index is -1.32. The Balaban J connectivity index is 3.09. The van der Waals surface area contributed by atoms with Gasteiger partial charge in [-0.1, -0.05) is 45.7 Å². The SMILES string of the molecule is CCCCCC(=O)N[C@@H](Cc1ccc(O)cc1)C(=O)N[C@@H](CCC(=O)O)C(=O)N[C@@H](CC(C)C)C(=O)O. The Bertz CT molecular complexity index is 917. The fourth-order valence-corrected chi connectivity index (χ4v) is 3.65. The second-order valence-electron chi connectivity index (χ2n) is 9.47. The Morgan fingerprint density at radius 1 is 0.811 bits per heavy atom. The summed E-state index contributed by atoms with van der Waals surface area (Å²) in [6, 6.07) is 2.46. The molecule has 0 saturated carbocycles. The lowest BCUT2D eigenvalue weighted by Gasteiger charge is -2.25. The largest absolute Gasteiger partial charge is 0.508 e. The lowest BCUT2D eigenvalue weighted by atomic mass is 10.0. The fraction of sp³-hybridized carbons (Fsp3) is 0.577. The van der Waals surface area contributed by atoms with Gasteiger partial charge in [-0.25, -0.2) is 4.79 Å². The molecule has 11 nitrogen and oxygen atoms in total. The van der Waals surface area contributed by atoms with Crippen LogP contribution in [0.25, 0.3) is 0 Å². The maximum atomic E-state index is 13.2. The van der Waals surface area contributed by atoms with Gasteiger partial charge < -0.3 is 31.3 Å². The number of carbonyl (C=O) groups is 5. The number of phenolic OH excluding ortho intramolecular Hbond substituents is 1. The zero-order chi connectivity index (χ0) is 28.0. The Morgan fingerprint density at radius 2 is 1.41 bits per heavy atom. The van der Waals surface area contributed by atoms with Crippen molar-refractivity contribution in [1.82, 2.24) is 16.0 Å². The third-order valence-corrected chi connectivity index (χ3v) is 5.64. The van der Waals surface area contributed by atoms with Crippen LogP contribution in [0, 0.1) is 5.92 Å². The van der Waals surface area contributed by atoms with Gasteiger partial charge >= 0.3 is 11.9 Å². The maximum absolute atomic E-state index is 13.2. The second kappa shape index (κ2) is 16.2. The van der Waals surface area contributed by atoms with E-state index in [2.05, 4.69) is 16.0 Å². The van der Waals surface area contributed by atoms with Crippen LogP contribution in [-0.4, -0.2) is 63.1 Å². The average molecular weight is 522 g/mol. The van der Waals surface area contributed by atoms with Gasteiger partial charge in [0.1, 0.15) is 23.9 Å². The first kappa shape index (κ1) is 31.4. The number of benzene rings is 1. The van der Waals surface area contributed by atoms with Gasteiger partial charge in [0.05, 0.1) is 0 Å². The van der Waals surface area contributed by atoms with E-state index in [1.54, 1.807) is 26.0 Å². The van der Waals surface area contributed by atoms with E-state index in [0.717, 1.165) is 12.8 Å². The van der Waals surface area contributed by atoms with Gasteiger partial charge in [-0.15, -0.1) is 0 Å². The number of aliphatic carboxylic acids is 2. The van der Waals surface area contributed by atoms with Crippen LogP contribution in [0.4, 0.5) is 0 Å². The molecule has 0 unspecified atom stereocenters. The number of unbranched alkanes of at least 4 members (excludes halogenated alkanes) is 2. The van der Waals surface area contributed by atoms with E-state index >= 15 is 0 Å². The average Bonchev–Trinajstić information content (AvgIpc) is 2.81. The van der Waals surface area contributed by atoms with Gasteiger partial charge in [0, 0.05) is 19.3 Å². The predicted molar refractivity (Wildman–Crippen MR) is 136 cm³/mol. The van der Waals surface area contributed by atoms with Gasteiger partial charge in [-0.3, -0.25) is 19.2 Å². The normalized spacial score (nSPS) is 13.3. The smallest absolute Gasteiger partial charge is 0.326 e. The van der Waals surface area contributed by atoms with Gasteiger partial charge in [-0.05, 0) is 42.9 Å². The van der Waals surface area contributed by atoms with E-state index in [1.807, 2.05) is 6.92 Å². The molecule has 0 radical (unpaired) electrons. The van der Waals surface area contributed by atoms with E-state index in [1.165, 1.54) is 12.1 Å². The molecule has 0 aliphatic heterocycles. The zero-order valence-corrected chi connectivity index (χ0v) is 21.7. The second-order valence-corrected chi connectivity index (χ2v) is 9.47. The van der Waals surface area contributed by atoms with E-state index in [9.17, 15) is 34.2 Å². The Morgan fingerprint density at radius 3 is 1.95 bits per heavy atom. The van der Waals surface area contributed by atoms with Crippen molar-refractivity contribution in [3.63, 3.8) is 0 Å². The van der Waals surface area contributed by atoms with Crippen LogP contribution in [0.5, 0.6) is 5.75 Å². The number of amides is 3. The van der Waals surface area contributed by atoms with E-state index in [0.29, 0.717) is 12.0 Å². The molecule has 0 spiro atoms. The van der Waals surface area contributed by atoms with Crippen molar-refractivity contribution in [1.29, 1.82) is 0 Å². The van der Waals surface area contributed by atoms with Crippen LogP contribution in [0.1, 0.15) is 71.3 Å². The molecule has 0 fully saturated rings. The third kappa shape index (κ3) is 12.8. The Hall–Kier alpha value is -3.63. The van der Waals surface area contributed by atoms with Crippen molar-refractivity contribution in [2.24, 2.45) is 5.92 Å². The molecule has 37 heavy (non-hydrogen) atoms. The molecule has 11 heteroatoms. The lowest BCUT2D eigenvalue weighted by Crippen LogP contribution is -2.56. The number of rotatable bonds is 17. The highest BCUT2D eigenvalue weighted by Gasteiger charge is 2.30. The lowest BCUT2D eigenvalue weighted by molar-refractivity contribution is -0.143. The quantitative estimate of drug-likeness (QED) is 0.168. The minimum Gasteiger partial charge on any atom is -0.508 e. The number of aromatic hydroxyl groups is 1. The summed E-state index contributed by atoms with van der Waals surface area (Å²) in [7, 11) is 0. The van der Waals surface area contributed by atoms with Gasteiger partial charge in [0.25, 0.3) is 0 Å². The summed E-state index contributed by atoms with van der Waals surface area (Å²) in [6.45, 7) is 5.59. The first-order chi connectivity index (χ1) is 17.4. The van der Waals surface area contributed by atoms with Crippen LogP contribution in [0.2, 0.25) is 0 Å². The highest BCUT2D eigenvalue weighted by molar-refractivity contribution is 5.93. The molecule has 206 valence electrons. The molecule has 0 heterocycles. The third-order valence-electron chi connectivity index (χ3n) is 5.64. The van der Waals surface area contributed by atoms with E-state index < -0.39 is 48.3 Å². The van der Waals surface area contributed by atoms with Crippen LogP contribution in [0.3, 0.4) is 0 Å². The van der Waals surface area contributed by atoms with Crippen LogP contribution in [0.15, 0.2) is 24.3 Å². The molecular formula is C26H39N3O8.